The molecular weight excluding hydrogens is 348 g/mol. The standard InChI is InChI=1S/C20H12N2O5/c23-15-5-1-3-11-8-10-14(22-17(11)15)20(26)27-16-6-2-4-12-7-9-13(19(24)25)21-18(12)16/h1-10,23H,(H,24,25). The third-order valence-electron chi connectivity index (χ3n) is 4.01. The lowest BCUT2D eigenvalue weighted by molar-refractivity contribution is 0.0690. The summed E-state index contributed by atoms with van der Waals surface area (Å²) >= 11 is 0. The van der Waals surface area contributed by atoms with Gasteiger partial charge in [0.15, 0.2) is 5.75 Å². The van der Waals surface area contributed by atoms with Crippen LogP contribution < -0.4 is 4.74 Å². The highest BCUT2D eigenvalue weighted by atomic mass is 16.5. The molecule has 4 aromatic rings. The van der Waals surface area contributed by atoms with Crippen molar-refractivity contribution < 1.29 is 24.5 Å². The summed E-state index contributed by atoms with van der Waals surface area (Å²) in [7, 11) is 0. The van der Waals surface area contributed by atoms with Gasteiger partial charge in [-0.3, -0.25) is 0 Å². The number of ether oxygens (including phenoxy) is 1. The molecule has 0 saturated carbocycles. The fraction of sp³-hybridized carbons (Fsp3) is 0. The van der Waals surface area contributed by atoms with Gasteiger partial charge in [0.05, 0.1) is 0 Å². The molecule has 0 aliphatic carbocycles. The first kappa shape index (κ1) is 16.5. The summed E-state index contributed by atoms with van der Waals surface area (Å²) in [5.74, 6) is -1.83. The molecule has 7 heteroatoms. The smallest absolute Gasteiger partial charge is 0.362 e. The Hall–Kier alpha value is -4.00. The number of nitrogens with zero attached hydrogens (tertiary/aromatic N) is 2. The molecule has 0 fully saturated rings. The first-order valence-corrected chi connectivity index (χ1v) is 7.97. The molecule has 2 aromatic heterocycles. The minimum Gasteiger partial charge on any atom is -0.506 e. The fourth-order valence-corrected chi connectivity index (χ4v) is 2.72. The molecule has 2 aromatic carbocycles. The van der Waals surface area contributed by atoms with Gasteiger partial charge in [-0.05, 0) is 24.3 Å². The predicted molar refractivity (Wildman–Crippen MR) is 97.1 cm³/mol. The molecule has 0 amide bonds. The molecule has 0 aliphatic rings. The van der Waals surface area contributed by atoms with Crippen LogP contribution in [0.5, 0.6) is 11.5 Å². The van der Waals surface area contributed by atoms with Crippen LogP contribution in [-0.4, -0.2) is 32.1 Å². The largest absolute Gasteiger partial charge is 0.506 e. The maximum Gasteiger partial charge on any atom is 0.362 e. The second-order valence-corrected chi connectivity index (χ2v) is 5.76. The van der Waals surface area contributed by atoms with Crippen molar-refractivity contribution >= 4 is 33.7 Å². The van der Waals surface area contributed by atoms with E-state index in [0.717, 1.165) is 0 Å². The van der Waals surface area contributed by atoms with E-state index in [1.54, 1.807) is 36.4 Å². The molecule has 0 aliphatic heterocycles. The van der Waals surface area contributed by atoms with Crippen molar-refractivity contribution in [3.63, 3.8) is 0 Å². The number of hydrogen-bond acceptors (Lipinski definition) is 6. The van der Waals surface area contributed by atoms with E-state index < -0.39 is 11.9 Å². The number of rotatable bonds is 3. The van der Waals surface area contributed by atoms with Gasteiger partial charge in [-0.2, -0.15) is 0 Å². The van der Waals surface area contributed by atoms with E-state index in [1.807, 2.05) is 0 Å². The number of phenols is 1. The Morgan fingerprint density at radius 2 is 1.41 bits per heavy atom. The van der Waals surface area contributed by atoms with Crippen LogP contribution in [0.3, 0.4) is 0 Å². The maximum atomic E-state index is 12.5. The summed E-state index contributed by atoms with van der Waals surface area (Å²) in [5.41, 5.74) is 0.403. The van der Waals surface area contributed by atoms with Crippen LogP contribution in [-0.2, 0) is 0 Å². The lowest BCUT2D eigenvalue weighted by atomic mass is 10.2. The number of carbonyl (C=O) groups is 2. The Bertz CT molecular complexity index is 1220. The molecule has 4 rings (SSSR count). The number of aromatic nitrogens is 2. The molecule has 132 valence electrons. The average molecular weight is 360 g/mol. The van der Waals surface area contributed by atoms with Gasteiger partial charge in [-0.1, -0.05) is 36.4 Å². The highest BCUT2D eigenvalue weighted by molar-refractivity contribution is 5.96. The zero-order chi connectivity index (χ0) is 19.0. The summed E-state index contributed by atoms with van der Waals surface area (Å²) in [6.07, 6.45) is 0. The topological polar surface area (TPSA) is 110 Å². The molecule has 2 heterocycles. The van der Waals surface area contributed by atoms with Crippen molar-refractivity contribution in [1.29, 1.82) is 0 Å². The molecule has 27 heavy (non-hydrogen) atoms. The Morgan fingerprint density at radius 1 is 0.778 bits per heavy atom. The van der Waals surface area contributed by atoms with Crippen molar-refractivity contribution in [2.75, 3.05) is 0 Å². The van der Waals surface area contributed by atoms with Gasteiger partial charge >= 0.3 is 11.9 Å². The van der Waals surface area contributed by atoms with E-state index >= 15 is 0 Å². The maximum absolute atomic E-state index is 12.5. The Labute approximate surface area is 152 Å². The number of aromatic carboxylic acids is 1. The number of para-hydroxylation sites is 2. The lowest BCUT2D eigenvalue weighted by Gasteiger charge is -2.08. The van der Waals surface area contributed by atoms with Crippen molar-refractivity contribution in [3.05, 3.63) is 72.1 Å². The van der Waals surface area contributed by atoms with Gasteiger partial charge in [-0.15, -0.1) is 0 Å². The summed E-state index contributed by atoms with van der Waals surface area (Å²) in [5, 5.41) is 20.3. The molecule has 0 radical (unpaired) electrons. The van der Waals surface area contributed by atoms with Crippen LogP contribution in [0.15, 0.2) is 60.7 Å². The summed E-state index contributed by atoms with van der Waals surface area (Å²) in [4.78, 5) is 31.9. The highest BCUT2D eigenvalue weighted by Gasteiger charge is 2.16. The van der Waals surface area contributed by atoms with Gasteiger partial charge in [0.2, 0.25) is 0 Å². The van der Waals surface area contributed by atoms with Gasteiger partial charge in [0, 0.05) is 10.8 Å². The highest BCUT2D eigenvalue weighted by Crippen LogP contribution is 2.26. The van der Waals surface area contributed by atoms with Gasteiger partial charge in [0.25, 0.3) is 0 Å². The first-order valence-electron chi connectivity index (χ1n) is 7.97. The Balaban J connectivity index is 1.73. The number of carbonyl (C=O) groups excluding carboxylic acids is 1. The molecule has 0 atom stereocenters. The number of hydrogen-bond donors (Lipinski definition) is 2. The average Bonchev–Trinajstić information content (AvgIpc) is 2.68. The summed E-state index contributed by atoms with van der Waals surface area (Å²) in [6.45, 7) is 0. The second-order valence-electron chi connectivity index (χ2n) is 5.76. The van der Waals surface area contributed by atoms with Crippen molar-refractivity contribution in [3.8, 4) is 11.5 Å². The van der Waals surface area contributed by atoms with E-state index in [2.05, 4.69) is 9.97 Å². The van der Waals surface area contributed by atoms with Crippen LogP contribution in [0, 0.1) is 0 Å². The van der Waals surface area contributed by atoms with E-state index in [-0.39, 0.29) is 33.9 Å². The van der Waals surface area contributed by atoms with Crippen LogP contribution in [0.2, 0.25) is 0 Å². The normalized spacial score (nSPS) is 10.8. The van der Waals surface area contributed by atoms with Crippen molar-refractivity contribution in [2.45, 2.75) is 0 Å². The second kappa shape index (κ2) is 6.38. The van der Waals surface area contributed by atoms with E-state index in [4.69, 9.17) is 9.84 Å². The minimum atomic E-state index is -1.18. The number of carboxylic acid groups (broad SMARTS) is 1. The zero-order valence-corrected chi connectivity index (χ0v) is 13.8. The number of aromatic hydroxyl groups is 1. The zero-order valence-electron chi connectivity index (χ0n) is 13.8. The monoisotopic (exact) mass is 360 g/mol. The summed E-state index contributed by atoms with van der Waals surface area (Å²) in [6, 6.07) is 16.0. The lowest BCUT2D eigenvalue weighted by Crippen LogP contribution is -2.11. The van der Waals surface area contributed by atoms with E-state index in [0.29, 0.717) is 10.8 Å². The van der Waals surface area contributed by atoms with Crippen molar-refractivity contribution in [1.82, 2.24) is 9.97 Å². The fourth-order valence-electron chi connectivity index (χ4n) is 2.72. The number of phenolic OH excluding ortho intramolecular Hbond substituents is 1. The number of benzene rings is 2. The van der Waals surface area contributed by atoms with Crippen LogP contribution >= 0.6 is 0 Å². The Morgan fingerprint density at radius 3 is 2.15 bits per heavy atom. The third kappa shape index (κ3) is 3.02. The van der Waals surface area contributed by atoms with Gasteiger partial charge in [-0.25, -0.2) is 19.6 Å². The van der Waals surface area contributed by atoms with Crippen LogP contribution in [0.4, 0.5) is 0 Å². The molecular formula is C20H12N2O5. The molecule has 2 N–H and O–H groups in total. The molecule has 7 nitrogen and oxygen atoms in total. The van der Waals surface area contributed by atoms with Crippen LogP contribution in [0.1, 0.15) is 21.0 Å². The predicted octanol–water partition coefficient (Wildman–Crippen LogP) is 3.41. The third-order valence-corrected chi connectivity index (χ3v) is 4.01. The number of fused-ring (bicyclic) bond motifs is 2. The number of pyridine rings is 2. The van der Waals surface area contributed by atoms with E-state index in [9.17, 15) is 14.7 Å². The first-order chi connectivity index (χ1) is 13.0. The quantitative estimate of drug-likeness (QED) is 0.425. The molecule has 0 saturated heterocycles. The van der Waals surface area contributed by atoms with Gasteiger partial charge in [0.1, 0.15) is 28.2 Å². The molecule has 0 bridgehead atoms. The number of carboxylic acids is 1. The Kier molecular flexibility index (Phi) is 3.89. The minimum absolute atomic E-state index is 0.00962. The van der Waals surface area contributed by atoms with Crippen LogP contribution in [0.25, 0.3) is 21.8 Å². The van der Waals surface area contributed by atoms with Crippen molar-refractivity contribution in [2.24, 2.45) is 0 Å². The SMILES string of the molecule is O=C(O)c1ccc2cccc(OC(=O)c3ccc4cccc(O)c4n3)c2n1. The van der Waals surface area contributed by atoms with E-state index in [1.165, 1.54) is 24.3 Å². The number of esters is 1. The molecule has 0 unspecified atom stereocenters. The molecule has 0 spiro atoms. The summed E-state index contributed by atoms with van der Waals surface area (Å²) < 4.78 is 5.40. The van der Waals surface area contributed by atoms with Gasteiger partial charge < -0.3 is 14.9 Å².